The van der Waals surface area contributed by atoms with Crippen molar-refractivity contribution < 1.29 is 9.84 Å². The molecule has 0 bridgehead atoms. The van der Waals surface area contributed by atoms with E-state index in [1.54, 1.807) is 18.7 Å². The molecule has 1 aliphatic rings. The van der Waals surface area contributed by atoms with E-state index in [-0.39, 0.29) is 6.61 Å². The number of anilines is 2. The van der Waals surface area contributed by atoms with Crippen LogP contribution >= 0.6 is 0 Å². The van der Waals surface area contributed by atoms with E-state index < -0.39 is 0 Å². The van der Waals surface area contributed by atoms with Gasteiger partial charge >= 0.3 is 0 Å². The second-order valence-corrected chi connectivity index (χ2v) is 8.99. The largest absolute Gasteiger partial charge is 0.455 e. The summed E-state index contributed by atoms with van der Waals surface area (Å²) in [4.78, 5) is 17.7. The number of pyridine rings is 1. The molecule has 37 heavy (non-hydrogen) atoms. The Labute approximate surface area is 217 Å². The van der Waals surface area contributed by atoms with Crippen LogP contribution in [0.1, 0.15) is 11.1 Å². The molecule has 3 heterocycles. The SMILES string of the molecule is Cc1cc(Nc2ncnc3ccc(C#CCN4CCN(CCO)CC4)cc23)ccc1Oc1cccnc1. The Balaban J connectivity index is 1.28. The van der Waals surface area contributed by atoms with E-state index in [1.165, 1.54) is 0 Å². The van der Waals surface area contributed by atoms with Crippen molar-refractivity contribution in [1.82, 2.24) is 24.8 Å². The van der Waals surface area contributed by atoms with E-state index in [9.17, 15) is 0 Å². The van der Waals surface area contributed by atoms with E-state index in [0.717, 1.165) is 78.6 Å². The summed E-state index contributed by atoms with van der Waals surface area (Å²) in [6.45, 7) is 7.59. The number of β-amino-alcohol motifs (C(OH)–C–C–N with tert-alkyl or cyclic N) is 1. The summed E-state index contributed by atoms with van der Waals surface area (Å²) < 4.78 is 5.95. The Kier molecular flexibility index (Phi) is 7.87. The van der Waals surface area contributed by atoms with Gasteiger partial charge in [-0.05, 0) is 61.0 Å². The number of nitrogens with one attached hydrogen (secondary N) is 1. The maximum absolute atomic E-state index is 9.10. The second-order valence-electron chi connectivity index (χ2n) is 8.99. The van der Waals surface area contributed by atoms with Gasteiger partial charge < -0.3 is 15.2 Å². The van der Waals surface area contributed by atoms with Crippen LogP contribution in [0.3, 0.4) is 0 Å². The fraction of sp³-hybridized carbons (Fsp3) is 0.276. The lowest BCUT2D eigenvalue weighted by atomic mass is 10.1. The van der Waals surface area contributed by atoms with Gasteiger partial charge in [-0.1, -0.05) is 11.8 Å². The summed E-state index contributed by atoms with van der Waals surface area (Å²) in [5, 5.41) is 13.5. The molecule has 0 unspecified atom stereocenters. The number of piperazine rings is 1. The molecular weight excluding hydrogens is 464 g/mol. The van der Waals surface area contributed by atoms with Gasteiger partial charge in [0.2, 0.25) is 0 Å². The zero-order valence-corrected chi connectivity index (χ0v) is 20.9. The second kappa shape index (κ2) is 11.8. The van der Waals surface area contributed by atoms with Crippen LogP contribution in [-0.4, -0.2) is 75.7 Å². The van der Waals surface area contributed by atoms with Gasteiger partial charge in [0.1, 0.15) is 23.6 Å². The number of rotatable bonds is 7. The first-order chi connectivity index (χ1) is 18.2. The minimum Gasteiger partial charge on any atom is -0.455 e. The molecule has 0 spiro atoms. The number of fused-ring (bicyclic) bond motifs is 1. The summed E-state index contributed by atoms with van der Waals surface area (Å²) in [5.41, 5.74) is 3.70. The summed E-state index contributed by atoms with van der Waals surface area (Å²) in [7, 11) is 0. The van der Waals surface area contributed by atoms with Crippen molar-refractivity contribution >= 4 is 22.4 Å². The summed E-state index contributed by atoms with van der Waals surface area (Å²) in [5.74, 6) is 8.82. The van der Waals surface area contributed by atoms with E-state index in [2.05, 4.69) is 41.9 Å². The van der Waals surface area contributed by atoms with Gasteiger partial charge in [-0.2, -0.15) is 0 Å². The highest BCUT2D eigenvalue weighted by molar-refractivity contribution is 5.91. The third-order valence-corrected chi connectivity index (χ3v) is 6.35. The first-order valence-electron chi connectivity index (χ1n) is 12.4. The van der Waals surface area contributed by atoms with Crippen LogP contribution in [0.25, 0.3) is 10.9 Å². The van der Waals surface area contributed by atoms with E-state index in [0.29, 0.717) is 5.75 Å². The number of ether oxygens (including phenoxy) is 1. The van der Waals surface area contributed by atoms with Crippen LogP contribution in [-0.2, 0) is 0 Å². The number of hydrogen-bond donors (Lipinski definition) is 2. The van der Waals surface area contributed by atoms with Gasteiger partial charge in [0.15, 0.2) is 0 Å². The fourth-order valence-electron chi connectivity index (χ4n) is 4.31. The molecule has 0 amide bonds. The van der Waals surface area contributed by atoms with E-state index in [4.69, 9.17) is 9.84 Å². The monoisotopic (exact) mass is 494 g/mol. The van der Waals surface area contributed by atoms with Gasteiger partial charge in [0.25, 0.3) is 0 Å². The number of aliphatic hydroxyl groups excluding tert-OH is 1. The van der Waals surface area contributed by atoms with E-state index in [1.807, 2.05) is 55.5 Å². The first-order valence-corrected chi connectivity index (χ1v) is 12.4. The topological polar surface area (TPSA) is 86.6 Å². The molecule has 2 N–H and O–H groups in total. The van der Waals surface area contributed by atoms with Crippen molar-refractivity contribution in [1.29, 1.82) is 0 Å². The Morgan fingerprint density at radius 2 is 1.89 bits per heavy atom. The lowest BCUT2D eigenvalue weighted by Crippen LogP contribution is -2.47. The zero-order chi connectivity index (χ0) is 25.5. The van der Waals surface area contributed by atoms with Gasteiger partial charge in [0.05, 0.1) is 24.9 Å². The molecule has 1 saturated heterocycles. The molecule has 8 nitrogen and oxygen atoms in total. The van der Waals surface area contributed by atoms with Gasteiger partial charge in [-0.3, -0.25) is 14.8 Å². The first kappa shape index (κ1) is 24.7. The van der Waals surface area contributed by atoms with Crippen molar-refractivity contribution in [2.75, 3.05) is 51.2 Å². The predicted molar refractivity (Wildman–Crippen MR) is 145 cm³/mol. The normalized spacial score (nSPS) is 14.2. The molecule has 0 atom stereocenters. The Bertz CT molecular complexity index is 1410. The third kappa shape index (κ3) is 6.40. The van der Waals surface area contributed by atoms with Crippen molar-refractivity contribution in [3.05, 3.63) is 78.4 Å². The van der Waals surface area contributed by atoms with Crippen molar-refractivity contribution in [3.8, 4) is 23.3 Å². The molecule has 0 radical (unpaired) electrons. The maximum Gasteiger partial charge on any atom is 0.145 e. The summed E-state index contributed by atoms with van der Waals surface area (Å²) in [6, 6.07) is 15.7. The van der Waals surface area contributed by atoms with Crippen LogP contribution in [0.4, 0.5) is 11.5 Å². The lowest BCUT2D eigenvalue weighted by Gasteiger charge is -2.33. The van der Waals surface area contributed by atoms with Crippen molar-refractivity contribution in [2.24, 2.45) is 0 Å². The molecule has 1 fully saturated rings. The van der Waals surface area contributed by atoms with Crippen molar-refractivity contribution in [2.45, 2.75) is 6.92 Å². The summed E-state index contributed by atoms with van der Waals surface area (Å²) in [6.07, 6.45) is 4.98. The number of aliphatic hydroxyl groups is 1. The average molecular weight is 495 g/mol. The maximum atomic E-state index is 9.10. The quantitative estimate of drug-likeness (QED) is 0.375. The number of aryl methyl sites for hydroxylation is 1. The molecule has 0 aliphatic carbocycles. The number of benzene rings is 2. The molecule has 2 aromatic carbocycles. The van der Waals surface area contributed by atoms with Crippen molar-refractivity contribution in [3.63, 3.8) is 0 Å². The highest BCUT2D eigenvalue weighted by Gasteiger charge is 2.15. The zero-order valence-electron chi connectivity index (χ0n) is 20.9. The summed E-state index contributed by atoms with van der Waals surface area (Å²) >= 11 is 0. The Morgan fingerprint density at radius 1 is 1.03 bits per heavy atom. The average Bonchev–Trinajstić information content (AvgIpc) is 2.92. The minimum atomic E-state index is 0.216. The third-order valence-electron chi connectivity index (χ3n) is 6.35. The Morgan fingerprint density at radius 3 is 2.68 bits per heavy atom. The molecule has 1 aliphatic heterocycles. The fourth-order valence-corrected chi connectivity index (χ4v) is 4.31. The van der Waals surface area contributed by atoms with Crippen LogP contribution in [0, 0.1) is 18.8 Å². The highest BCUT2D eigenvalue weighted by Crippen LogP contribution is 2.29. The Hall–Kier alpha value is -4.03. The molecule has 4 aromatic rings. The lowest BCUT2D eigenvalue weighted by molar-refractivity contribution is 0.121. The molecule has 8 heteroatoms. The van der Waals surface area contributed by atoms with Gasteiger partial charge in [-0.15, -0.1) is 0 Å². The predicted octanol–water partition coefficient (Wildman–Crippen LogP) is 3.83. The smallest absolute Gasteiger partial charge is 0.145 e. The van der Waals surface area contributed by atoms with Crippen LogP contribution in [0.5, 0.6) is 11.5 Å². The number of hydrogen-bond acceptors (Lipinski definition) is 8. The van der Waals surface area contributed by atoms with Gasteiger partial charge in [0, 0.05) is 55.6 Å². The standard InChI is InChI=1S/C29H30N6O2/c1-22-18-24(7-9-28(22)37-25-5-2-10-30-20-25)33-29-26-19-23(6-8-27(26)31-21-32-29)4-3-11-34-12-14-35(15-13-34)16-17-36/h2,5-10,18-21,36H,11-17H2,1H3,(H,31,32,33). The van der Waals surface area contributed by atoms with E-state index >= 15 is 0 Å². The number of aromatic nitrogens is 3. The number of nitrogens with zero attached hydrogens (tertiary/aromatic N) is 5. The molecule has 5 rings (SSSR count). The molecule has 0 saturated carbocycles. The van der Waals surface area contributed by atoms with Crippen LogP contribution in [0.2, 0.25) is 0 Å². The van der Waals surface area contributed by atoms with Gasteiger partial charge in [-0.25, -0.2) is 9.97 Å². The van der Waals surface area contributed by atoms with Crippen LogP contribution < -0.4 is 10.1 Å². The van der Waals surface area contributed by atoms with Crippen LogP contribution in [0.15, 0.2) is 67.3 Å². The molecule has 2 aromatic heterocycles. The highest BCUT2D eigenvalue weighted by atomic mass is 16.5. The molecule has 188 valence electrons. The minimum absolute atomic E-state index is 0.216. The molecular formula is C29H30N6O2.